The summed E-state index contributed by atoms with van der Waals surface area (Å²) in [5.74, 6) is -2.28. The minimum absolute atomic E-state index is 0.137. The van der Waals surface area contributed by atoms with Crippen molar-refractivity contribution in [2.45, 2.75) is 38.3 Å². The Morgan fingerprint density at radius 3 is 2.54 bits per heavy atom. The molecule has 0 saturated heterocycles. The summed E-state index contributed by atoms with van der Waals surface area (Å²) in [4.78, 5) is 15.8. The van der Waals surface area contributed by atoms with Crippen LogP contribution in [0.4, 0.5) is 8.78 Å². The van der Waals surface area contributed by atoms with E-state index < -0.39 is 29.2 Å². The summed E-state index contributed by atoms with van der Waals surface area (Å²) in [5, 5.41) is 0.743. The minimum Gasteiger partial charge on any atom is -0.481 e. The molecule has 0 saturated carbocycles. The molecule has 2 N–H and O–H groups in total. The van der Waals surface area contributed by atoms with E-state index in [9.17, 15) is 13.6 Å². The van der Waals surface area contributed by atoms with Crippen LogP contribution in [0.1, 0.15) is 44.1 Å². The summed E-state index contributed by atoms with van der Waals surface area (Å²) in [6, 6.07) is 2.14. The number of pyridine rings is 1. The predicted molar refractivity (Wildman–Crippen MR) is 83.5 cm³/mol. The molecule has 128 valence electrons. The smallest absolute Gasteiger partial charge is 0.303 e. The lowest BCUT2D eigenvalue weighted by Gasteiger charge is -2.36. The lowest BCUT2D eigenvalue weighted by Crippen LogP contribution is -2.39. The van der Waals surface area contributed by atoms with Crippen LogP contribution in [0.2, 0.25) is 0 Å². The Bertz CT molecular complexity index is 836. The lowest BCUT2D eigenvalue weighted by atomic mass is 9.77. The van der Waals surface area contributed by atoms with Crippen molar-refractivity contribution in [3.05, 3.63) is 35.0 Å². The number of aromatic nitrogens is 1. The summed E-state index contributed by atoms with van der Waals surface area (Å²) in [5.41, 5.74) is 6.56. The number of nitrogens with zero attached hydrogens (tertiary/aromatic N) is 1. The van der Waals surface area contributed by atoms with E-state index in [1.54, 1.807) is 6.92 Å². The highest BCUT2D eigenvalue weighted by molar-refractivity contribution is 5.91. The van der Waals surface area contributed by atoms with Crippen molar-refractivity contribution >= 4 is 16.7 Å². The molecule has 2 aromatic rings. The molecule has 0 spiro atoms. The normalized spacial score (nSPS) is 23.0. The summed E-state index contributed by atoms with van der Waals surface area (Å²) in [7, 11) is 1.39. The lowest BCUT2D eigenvalue weighted by molar-refractivity contribution is -0.148. The second-order valence-electron chi connectivity index (χ2n) is 6.25. The van der Waals surface area contributed by atoms with Gasteiger partial charge in [0.1, 0.15) is 6.10 Å². The summed E-state index contributed by atoms with van der Waals surface area (Å²) >= 11 is 0. The molecule has 0 fully saturated rings. The number of hydrogen-bond donors (Lipinski definition) is 1. The third-order valence-corrected chi connectivity index (χ3v) is 4.34. The highest BCUT2D eigenvalue weighted by Crippen LogP contribution is 2.45. The Morgan fingerprint density at radius 1 is 1.33 bits per heavy atom. The van der Waals surface area contributed by atoms with E-state index in [2.05, 4.69) is 4.98 Å². The van der Waals surface area contributed by atoms with Crippen LogP contribution in [0.3, 0.4) is 0 Å². The van der Waals surface area contributed by atoms with Crippen LogP contribution < -0.4 is 10.5 Å². The molecule has 1 aliphatic carbocycles. The standard InChI is InChI=1S/C17H18F2N2O3/c1-8(22)24-13-4-5-17(2,20)14-9-6-11(18)12(19)7-10(9)16(23-3)21-15(13)14/h6-7,13H,4-5,20H2,1-3H3. The van der Waals surface area contributed by atoms with Crippen LogP contribution in [0.25, 0.3) is 10.8 Å². The van der Waals surface area contributed by atoms with Crippen LogP contribution >= 0.6 is 0 Å². The number of carbonyl (C=O) groups excluding carboxylic acids is 1. The molecule has 0 amide bonds. The van der Waals surface area contributed by atoms with Crippen molar-refractivity contribution in [1.82, 2.24) is 4.98 Å². The second kappa shape index (κ2) is 5.66. The number of ether oxygens (including phenoxy) is 2. The molecule has 3 rings (SSSR count). The Kier molecular flexibility index (Phi) is 3.91. The minimum atomic E-state index is -0.992. The molecule has 2 atom stereocenters. The van der Waals surface area contributed by atoms with E-state index in [0.717, 1.165) is 12.1 Å². The van der Waals surface area contributed by atoms with Gasteiger partial charge in [-0.3, -0.25) is 4.79 Å². The van der Waals surface area contributed by atoms with Gasteiger partial charge in [0.05, 0.1) is 12.8 Å². The molecule has 2 unspecified atom stereocenters. The number of methoxy groups -OCH3 is 1. The van der Waals surface area contributed by atoms with Crippen molar-refractivity contribution in [2.75, 3.05) is 7.11 Å². The van der Waals surface area contributed by atoms with E-state index >= 15 is 0 Å². The molecule has 7 heteroatoms. The largest absolute Gasteiger partial charge is 0.481 e. The fourth-order valence-corrected chi connectivity index (χ4v) is 3.29. The van der Waals surface area contributed by atoms with Gasteiger partial charge in [0.25, 0.3) is 0 Å². The first-order valence-corrected chi connectivity index (χ1v) is 7.58. The van der Waals surface area contributed by atoms with Gasteiger partial charge in [-0.25, -0.2) is 13.8 Å². The molecular weight excluding hydrogens is 318 g/mol. The highest BCUT2D eigenvalue weighted by atomic mass is 19.2. The Balaban J connectivity index is 2.37. The molecule has 1 aromatic heterocycles. The maximum Gasteiger partial charge on any atom is 0.303 e. The monoisotopic (exact) mass is 336 g/mol. The van der Waals surface area contributed by atoms with Crippen molar-refractivity contribution in [2.24, 2.45) is 5.73 Å². The topological polar surface area (TPSA) is 74.4 Å². The van der Waals surface area contributed by atoms with Crippen LogP contribution in [0.15, 0.2) is 12.1 Å². The van der Waals surface area contributed by atoms with E-state index in [1.807, 2.05) is 0 Å². The van der Waals surface area contributed by atoms with Gasteiger partial charge in [0.2, 0.25) is 5.88 Å². The molecular formula is C17H18F2N2O3. The predicted octanol–water partition coefficient (Wildman–Crippen LogP) is 3.09. The summed E-state index contributed by atoms with van der Waals surface area (Å²) in [6.07, 6.45) is 0.408. The van der Waals surface area contributed by atoms with Gasteiger partial charge in [-0.15, -0.1) is 0 Å². The zero-order valence-electron chi connectivity index (χ0n) is 13.7. The molecule has 24 heavy (non-hydrogen) atoms. The van der Waals surface area contributed by atoms with Gasteiger partial charge in [-0.2, -0.15) is 0 Å². The maximum absolute atomic E-state index is 13.9. The number of fused-ring (bicyclic) bond motifs is 3. The van der Waals surface area contributed by atoms with E-state index in [-0.39, 0.29) is 5.88 Å². The molecule has 1 aliphatic rings. The van der Waals surface area contributed by atoms with Crippen LogP contribution in [-0.4, -0.2) is 18.1 Å². The summed E-state index contributed by atoms with van der Waals surface area (Å²) < 4.78 is 38.1. The second-order valence-corrected chi connectivity index (χ2v) is 6.25. The average Bonchev–Trinajstić information content (AvgIpc) is 2.50. The molecule has 0 radical (unpaired) electrons. The first-order valence-electron chi connectivity index (χ1n) is 7.58. The Labute approximate surface area is 137 Å². The molecule has 5 nitrogen and oxygen atoms in total. The first-order chi connectivity index (χ1) is 11.2. The SMILES string of the molecule is COc1nc2c(c3cc(F)c(F)cc13)C(C)(N)CCC2OC(C)=O. The Morgan fingerprint density at radius 2 is 1.96 bits per heavy atom. The van der Waals surface area contributed by atoms with Gasteiger partial charge in [0, 0.05) is 23.4 Å². The van der Waals surface area contributed by atoms with E-state index in [4.69, 9.17) is 15.2 Å². The number of rotatable bonds is 2. The van der Waals surface area contributed by atoms with Crippen molar-refractivity contribution in [3.8, 4) is 5.88 Å². The quantitative estimate of drug-likeness (QED) is 0.853. The molecule has 1 aromatic carbocycles. The molecule has 1 heterocycles. The fraction of sp³-hybridized carbons (Fsp3) is 0.412. The zero-order chi connectivity index (χ0) is 17.6. The Hall–Kier alpha value is -2.28. The highest BCUT2D eigenvalue weighted by Gasteiger charge is 2.38. The maximum atomic E-state index is 13.9. The number of nitrogens with two attached hydrogens (primary N) is 1. The van der Waals surface area contributed by atoms with Crippen LogP contribution in [-0.2, 0) is 15.1 Å². The van der Waals surface area contributed by atoms with Crippen molar-refractivity contribution < 1.29 is 23.0 Å². The first kappa shape index (κ1) is 16.6. The molecule has 0 aliphatic heterocycles. The number of carbonyl (C=O) groups is 1. The van der Waals surface area contributed by atoms with Crippen molar-refractivity contribution in [1.29, 1.82) is 0 Å². The molecule has 0 bridgehead atoms. The van der Waals surface area contributed by atoms with Gasteiger partial charge in [-0.05, 0) is 37.3 Å². The van der Waals surface area contributed by atoms with Gasteiger partial charge in [0.15, 0.2) is 11.6 Å². The van der Waals surface area contributed by atoms with Gasteiger partial charge in [-0.1, -0.05) is 0 Å². The third kappa shape index (κ3) is 2.58. The van der Waals surface area contributed by atoms with Crippen LogP contribution in [0.5, 0.6) is 5.88 Å². The summed E-state index contributed by atoms with van der Waals surface area (Å²) in [6.45, 7) is 3.11. The number of hydrogen-bond acceptors (Lipinski definition) is 5. The van der Waals surface area contributed by atoms with Crippen molar-refractivity contribution in [3.63, 3.8) is 0 Å². The zero-order valence-corrected chi connectivity index (χ0v) is 13.7. The fourth-order valence-electron chi connectivity index (χ4n) is 3.29. The van der Waals surface area contributed by atoms with Gasteiger partial charge >= 0.3 is 5.97 Å². The van der Waals surface area contributed by atoms with Crippen LogP contribution in [0, 0.1) is 11.6 Å². The number of benzene rings is 1. The number of halogens is 2. The average molecular weight is 336 g/mol. The third-order valence-electron chi connectivity index (χ3n) is 4.34. The number of esters is 1. The van der Waals surface area contributed by atoms with Gasteiger partial charge < -0.3 is 15.2 Å². The van der Waals surface area contributed by atoms with E-state index in [0.29, 0.717) is 34.9 Å². The van der Waals surface area contributed by atoms with E-state index in [1.165, 1.54) is 14.0 Å².